The lowest BCUT2D eigenvalue weighted by Crippen LogP contribution is -2.55. The Balaban J connectivity index is 1.77. The number of hydrogen-bond acceptors (Lipinski definition) is 5. The number of aryl methyl sites for hydroxylation is 2. The van der Waals surface area contributed by atoms with Crippen LogP contribution in [0.15, 0.2) is 6.20 Å². The fraction of sp³-hybridized carbons (Fsp3) is 0.750. The Morgan fingerprint density at radius 2 is 2.08 bits per heavy atom. The van der Waals surface area contributed by atoms with Gasteiger partial charge in [-0.2, -0.15) is 0 Å². The molecule has 0 radical (unpaired) electrons. The van der Waals surface area contributed by atoms with Crippen LogP contribution >= 0.6 is 0 Å². The highest BCUT2D eigenvalue weighted by molar-refractivity contribution is 5.77. The van der Waals surface area contributed by atoms with Gasteiger partial charge in [0.15, 0.2) is 0 Å². The minimum Gasteiger partial charge on any atom is -0.356 e. The second kappa shape index (κ2) is 7.91. The predicted octanol–water partition coefficient (Wildman–Crippen LogP) is 2.12. The van der Waals surface area contributed by atoms with Crippen molar-refractivity contribution in [2.24, 2.45) is 5.41 Å². The number of hydrogen-bond donors (Lipinski definition) is 0. The second-order valence-electron chi connectivity index (χ2n) is 8.26. The summed E-state index contributed by atoms with van der Waals surface area (Å²) in [5, 5.41) is 0. The summed E-state index contributed by atoms with van der Waals surface area (Å²) in [6, 6.07) is 0. The summed E-state index contributed by atoms with van der Waals surface area (Å²) in [5.74, 6) is 2.26. The van der Waals surface area contributed by atoms with Gasteiger partial charge in [0.1, 0.15) is 11.6 Å². The van der Waals surface area contributed by atoms with E-state index in [0.29, 0.717) is 12.3 Å². The minimum atomic E-state index is 0.211. The molecule has 1 amide bonds. The molecule has 2 saturated heterocycles. The third kappa shape index (κ3) is 4.17. The second-order valence-corrected chi connectivity index (χ2v) is 8.26. The van der Waals surface area contributed by atoms with Gasteiger partial charge in [-0.05, 0) is 46.7 Å². The molecule has 2 fully saturated rings. The molecule has 0 aliphatic carbocycles. The largest absolute Gasteiger partial charge is 0.356 e. The molecule has 2 aliphatic rings. The van der Waals surface area contributed by atoms with Crippen LogP contribution in [-0.4, -0.2) is 72.5 Å². The number of nitrogens with zero attached hydrogens (tertiary/aromatic N) is 5. The lowest BCUT2D eigenvalue weighted by molar-refractivity contribution is -0.138. The van der Waals surface area contributed by atoms with Crippen LogP contribution in [0, 0.1) is 12.3 Å². The number of piperidine rings is 2. The molecular weight excluding hydrogens is 326 g/mol. The third-order valence-corrected chi connectivity index (χ3v) is 5.87. The van der Waals surface area contributed by atoms with Gasteiger partial charge >= 0.3 is 0 Å². The van der Waals surface area contributed by atoms with Crippen LogP contribution in [0.3, 0.4) is 0 Å². The van der Waals surface area contributed by atoms with Gasteiger partial charge in [0.2, 0.25) is 5.91 Å². The molecule has 2 aliphatic heterocycles. The van der Waals surface area contributed by atoms with Crippen LogP contribution in [0.5, 0.6) is 0 Å². The SMILES string of the molecule is CCc1cnc(C)nc1N1CCCC2(CCC(=O)N(CCN(C)C)C2)C1. The molecule has 1 aromatic heterocycles. The molecule has 1 spiro atoms. The molecule has 6 nitrogen and oxygen atoms in total. The molecule has 3 heterocycles. The summed E-state index contributed by atoms with van der Waals surface area (Å²) in [6.07, 6.45) is 7.00. The average Bonchev–Trinajstić information content (AvgIpc) is 2.63. The van der Waals surface area contributed by atoms with E-state index < -0.39 is 0 Å². The summed E-state index contributed by atoms with van der Waals surface area (Å²) in [5.41, 5.74) is 1.44. The Hall–Kier alpha value is -1.69. The molecule has 144 valence electrons. The highest BCUT2D eigenvalue weighted by Gasteiger charge is 2.42. The molecule has 1 aromatic rings. The number of rotatable bonds is 5. The Morgan fingerprint density at radius 1 is 1.27 bits per heavy atom. The Kier molecular flexibility index (Phi) is 5.80. The van der Waals surface area contributed by atoms with Crippen molar-refractivity contribution in [2.45, 2.75) is 46.0 Å². The monoisotopic (exact) mass is 359 g/mol. The first-order chi connectivity index (χ1) is 12.4. The number of anilines is 1. The zero-order valence-corrected chi connectivity index (χ0v) is 16.8. The van der Waals surface area contributed by atoms with E-state index in [-0.39, 0.29) is 5.41 Å². The van der Waals surface area contributed by atoms with Crippen LogP contribution in [0.2, 0.25) is 0 Å². The molecular formula is C20H33N5O. The van der Waals surface area contributed by atoms with Crippen LogP contribution in [0.1, 0.15) is 44.0 Å². The number of likely N-dealkylation sites (N-methyl/N-ethyl adjacent to an activating group) is 1. The number of aromatic nitrogens is 2. The van der Waals surface area contributed by atoms with Crippen molar-refractivity contribution in [3.8, 4) is 0 Å². The van der Waals surface area contributed by atoms with E-state index in [1.54, 1.807) is 0 Å². The summed E-state index contributed by atoms with van der Waals surface area (Å²) in [6.45, 7) is 8.84. The summed E-state index contributed by atoms with van der Waals surface area (Å²) in [4.78, 5) is 28.2. The van der Waals surface area contributed by atoms with Gasteiger partial charge in [0.05, 0.1) is 0 Å². The van der Waals surface area contributed by atoms with Crippen molar-refractivity contribution in [3.05, 3.63) is 17.6 Å². The first-order valence-corrected chi connectivity index (χ1v) is 9.92. The fourth-order valence-electron chi connectivity index (χ4n) is 4.35. The van der Waals surface area contributed by atoms with Gasteiger partial charge in [0.25, 0.3) is 0 Å². The van der Waals surface area contributed by atoms with Gasteiger partial charge in [-0.1, -0.05) is 6.92 Å². The first-order valence-electron chi connectivity index (χ1n) is 9.92. The number of carbonyl (C=O) groups is 1. The molecule has 0 aromatic carbocycles. The third-order valence-electron chi connectivity index (χ3n) is 5.87. The molecule has 26 heavy (non-hydrogen) atoms. The number of amides is 1. The fourth-order valence-corrected chi connectivity index (χ4v) is 4.35. The molecule has 1 unspecified atom stereocenters. The van der Waals surface area contributed by atoms with Gasteiger partial charge in [-0.15, -0.1) is 0 Å². The minimum absolute atomic E-state index is 0.211. The van der Waals surface area contributed by atoms with Gasteiger partial charge in [0, 0.05) is 56.3 Å². The average molecular weight is 360 g/mol. The Labute approximate surface area is 157 Å². The maximum Gasteiger partial charge on any atom is 0.222 e. The smallest absolute Gasteiger partial charge is 0.222 e. The molecule has 0 saturated carbocycles. The number of likely N-dealkylation sites (tertiary alicyclic amines) is 1. The topological polar surface area (TPSA) is 52.6 Å². The van der Waals surface area contributed by atoms with Crippen molar-refractivity contribution in [1.82, 2.24) is 19.8 Å². The first kappa shape index (κ1) is 19.1. The van der Waals surface area contributed by atoms with E-state index in [2.05, 4.69) is 40.7 Å². The van der Waals surface area contributed by atoms with Crippen molar-refractivity contribution in [1.29, 1.82) is 0 Å². The van der Waals surface area contributed by atoms with E-state index in [1.165, 1.54) is 18.4 Å². The van der Waals surface area contributed by atoms with Crippen LogP contribution in [0.4, 0.5) is 5.82 Å². The quantitative estimate of drug-likeness (QED) is 0.806. The normalized spacial score (nSPS) is 24.0. The maximum atomic E-state index is 12.4. The van der Waals surface area contributed by atoms with Gasteiger partial charge in [-0.25, -0.2) is 9.97 Å². The van der Waals surface area contributed by atoms with E-state index in [0.717, 1.165) is 57.2 Å². The van der Waals surface area contributed by atoms with Gasteiger partial charge < -0.3 is 14.7 Å². The molecule has 0 bridgehead atoms. The van der Waals surface area contributed by atoms with Crippen molar-refractivity contribution in [2.75, 3.05) is 51.7 Å². The maximum absolute atomic E-state index is 12.4. The highest BCUT2D eigenvalue weighted by atomic mass is 16.2. The molecule has 0 N–H and O–H groups in total. The lowest BCUT2D eigenvalue weighted by atomic mass is 9.73. The highest BCUT2D eigenvalue weighted by Crippen LogP contribution is 2.40. The molecule has 1 atom stereocenters. The van der Waals surface area contributed by atoms with E-state index in [4.69, 9.17) is 4.98 Å². The zero-order valence-electron chi connectivity index (χ0n) is 16.8. The van der Waals surface area contributed by atoms with Crippen molar-refractivity contribution >= 4 is 11.7 Å². The van der Waals surface area contributed by atoms with Crippen LogP contribution in [-0.2, 0) is 11.2 Å². The number of carbonyl (C=O) groups excluding carboxylic acids is 1. The Bertz CT molecular complexity index is 647. The van der Waals surface area contributed by atoms with E-state index in [9.17, 15) is 4.79 Å². The Morgan fingerprint density at radius 3 is 2.81 bits per heavy atom. The summed E-state index contributed by atoms with van der Waals surface area (Å²) in [7, 11) is 4.13. The van der Waals surface area contributed by atoms with Crippen LogP contribution < -0.4 is 4.90 Å². The summed E-state index contributed by atoms with van der Waals surface area (Å²) < 4.78 is 0. The van der Waals surface area contributed by atoms with E-state index in [1.807, 2.05) is 13.1 Å². The molecule has 6 heteroatoms. The van der Waals surface area contributed by atoms with Crippen molar-refractivity contribution in [3.63, 3.8) is 0 Å². The van der Waals surface area contributed by atoms with Crippen LogP contribution in [0.25, 0.3) is 0 Å². The van der Waals surface area contributed by atoms with E-state index >= 15 is 0 Å². The molecule has 3 rings (SSSR count). The van der Waals surface area contributed by atoms with Crippen molar-refractivity contribution < 1.29 is 4.79 Å². The zero-order chi connectivity index (χ0) is 18.7. The predicted molar refractivity (Wildman–Crippen MR) is 104 cm³/mol. The summed E-state index contributed by atoms with van der Waals surface area (Å²) >= 11 is 0. The van der Waals surface area contributed by atoms with Gasteiger partial charge in [-0.3, -0.25) is 4.79 Å². The lowest BCUT2D eigenvalue weighted by Gasteiger charge is -2.49. The standard InChI is InChI=1S/C20H33N5O/c1-5-17-13-21-16(2)22-19(17)25-10-6-8-20(15-25)9-7-18(26)24(14-20)12-11-23(3)4/h13H,5-12,14-15H2,1-4H3.